The third-order valence-corrected chi connectivity index (χ3v) is 3.67. The number of hydrogen-bond donors (Lipinski definition) is 1. The third kappa shape index (κ3) is 3.12. The second kappa shape index (κ2) is 5.17. The Hall–Kier alpha value is -1.01. The lowest BCUT2D eigenvalue weighted by molar-refractivity contribution is -0.137. The van der Waals surface area contributed by atoms with E-state index in [9.17, 15) is 13.2 Å². The van der Waals surface area contributed by atoms with Crippen molar-refractivity contribution in [1.82, 2.24) is 4.98 Å². The third-order valence-electron chi connectivity index (χ3n) is 3.39. The molecule has 2 rings (SSSR count). The Bertz CT molecular complexity index is 460. The molecule has 0 amide bonds. The van der Waals surface area contributed by atoms with Crippen LogP contribution in [-0.2, 0) is 6.18 Å². The first-order valence-electron chi connectivity index (χ1n) is 6.00. The lowest BCUT2D eigenvalue weighted by Gasteiger charge is -2.29. The molecule has 1 saturated carbocycles. The van der Waals surface area contributed by atoms with E-state index in [0.717, 1.165) is 25.1 Å². The molecule has 0 aromatic carbocycles. The first-order chi connectivity index (χ1) is 8.84. The summed E-state index contributed by atoms with van der Waals surface area (Å²) in [6.07, 6.45) is -1.45. The summed E-state index contributed by atoms with van der Waals surface area (Å²) in [6.45, 7) is 0.431. The number of rotatable bonds is 4. The zero-order valence-corrected chi connectivity index (χ0v) is 11.2. The summed E-state index contributed by atoms with van der Waals surface area (Å²) in [4.78, 5) is 5.62. The summed E-state index contributed by atoms with van der Waals surface area (Å²) in [7, 11) is 1.76. The van der Waals surface area contributed by atoms with Crippen LogP contribution in [0, 0.1) is 5.92 Å². The fourth-order valence-corrected chi connectivity index (χ4v) is 2.45. The summed E-state index contributed by atoms with van der Waals surface area (Å²) in [5, 5.41) is -0.00331. The Balaban J connectivity index is 2.25. The Kier molecular flexibility index (Phi) is 3.92. The van der Waals surface area contributed by atoms with E-state index in [1.54, 1.807) is 11.9 Å². The number of nitrogens with two attached hydrogens (primary N) is 1. The van der Waals surface area contributed by atoms with Crippen molar-refractivity contribution < 1.29 is 13.2 Å². The standard InChI is InChI=1S/C12H15ClF3N3/c1-19(10(5-17)7-2-3-7)11-9(13)4-8(6-18-11)12(14,15)16/h4,6-7,10H,2-3,5,17H2,1H3. The average Bonchev–Trinajstić information content (AvgIpc) is 3.13. The zero-order chi connectivity index (χ0) is 14.2. The van der Waals surface area contributed by atoms with Gasteiger partial charge in [-0.2, -0.15) is 13.2 Å². The number of hydrogen-bond acceptors (Lipinski definition) is 3. The average molecular weight is 294 g/mol. The van der Waals surface area contributed by atoms with E-state index in [1.165, 1.54) is 0 Å². The first-order valence-corrected chi connectivity index (χ1v) is 6.38. The molecule has 7 heteroatoms. The molecular weight excluding hydrogens is 279 g/mol. The maximum absolute atomic E-state index is 12.5. The quantitative estimate of drug-likeness (QED) is 0.928. The minimum Gasteiger partial charge on any atom is -0.354 e. The smallest absolute Gasteiger partial charge is 0.354 e. The molecule has 19 heavy (non-hydrogen) atoms. The SMILES string of the molecule is CN(c1ncc(C(F)(F)F)cc1Cl)C(CN)C1CC1. The molecule has 106 valence electrons. The molecule has 0 spiro atoms. The molecule has 1 aromatic heterocycles. The molecule has 1 aromatic rings. The highest BCUT2D eigenvalue weighted by Crippen LogP contribution is 2.38. The lowest BCUT2D eigenvalue weighted by Crippen LogP contribution is -2.40. The van der Waals surface area contributed by atoms with E-state index < -0.39 is 11.7 Å². The van der Waals surface area contributed by atoms with Crippen molar-refractivity contribution in [3.05, 3.63) is 22.8 Å². The molecule has 1 aliphatic rings. The van der Waals surface area contributed by atoms with Gasteiger partial charge in [-0.3, -0.25) is 0 Å². The highest BCUT2D eigenvalue weighted by Gasteiger charge is 2.35. The van der Waals surface area contributed by atoms with E-state index in [4.69, 9.17) is 17.3 Å². The van der Waals surface area contributed by atoms with Gasteiger partial charge in [0.15, 0.2) is 0 Å². The van der Waals surface area contributed by atoms with Crippen LogP contribution in [0.4, 0.5) is 19.0 Å². The van der Waals surface area contributed by atoms with Gasteiger partial charge in [0.2, 0.25) is 0 Å². The second-order valence-electron chi connectivity index (χ2n) is 4.78. The van der Waals surface area contributed by atoms with Gasteiger partial charge < -0.3 is 10.6 Å². The van der Waals surface area contributed by atoms with Gasteiger partial charge >= 0.3 is 6.18 Å². The second-order valence-corrected chi connectivity index (χ2v) is 5.19. The summed E-state index contributed by atoms with van der Waals surface area (Å²) >= 11 is 5.91. The molecule has 0 saturated heterocycles. The summed E-state index contributed by atoms with van der Waals surface area (Å²) in [5.41, 5.74) is 4.87. The van der Waals surface area contributed by atoms with E-state index in [2.05, 4.69) is 4.98 Å². The molecule has 1 heterocycles. The van der Waals surface area contributed by atoms with Crippen LogP contribution in [0.15, 0.2) is 12.3 Å². The topological polar surface area (TPSA) is 42.2 Å². The summed E-state index contributed by atoms with van der Waals surface area (Å²) < 4.78 is 37.6. The Labute approximate surface area is 114 Å². The summed E-state index contributed by atoms with van der Waals surface area (Å²) in [5.74, 6) is 0.826. The van der Waals surface area contributed by atoms with Crippen LogP contribution >= 0.6 is 11.6 Å². The van der Waals surface area contributed by atoms with Crippen LogP contribution in [0.3, 0.4) is 0 Å². The molecule has 1 unspecified atom stereocenters. The highest BCUT2D eigenvalue weighted by molar-refractivity contribution is 6.33. The molecule has 0 bridgehead atoms. The van der Waals surface area contributed by atoms with Crippen LogP contribution in [0.1, 0.15) is 18.4 Å². The van der Waals surface area contributed by atoms with E-state index in [1.807, 2.05) is 0 Å². The molecule has 2 N–H and O–H groups in total. The van der Waals surface area contributed by atoms with Crippen molar-refractivity contribution in [2.24, 2.45) is 11.7 Å². The predicted molar refractivity (Wildman–Crippen MR) is 68.2 cm³/mol. The van der Waals surface area contributed by atoms with E-state index in [0.29, 0.717) is 18.3 Å². The van der Waals surface area contributed by atoms with Crippen molar-refractivity contribution in [2.75, 3.05) is 18.5 Å². The van der Waals surface area contributed by atoms with Crippen LogP contribution in [0.25, 0.3) is 0 Å². The van der Waals surface area contributed by atoms with Gasteiger partial charge in [0.05, 0.1) is 10.6 Å². The van der Waals surface area contributed by atoms with Crippen LogP contribution in [0.5, 0.6) is 0 Å². The maximum Gasteiger partial charge on any atom is 0.417 e. The van der Waals surface area contributed by atoms with Crippen molar-refractivity contribution >= 4 is 17.4 Å². The molecule has 1 aliphatic carbocycles. The van der Waals surface area contributed by atoms with Crippen molar-refractivity contribution in [3.8, 4) is 0 Å². The Morgan fingerprint density at radius 3 is 2.58 bits per heavy atom. The highest BCUT2D eigenvalue weighted by atomic mass is 35.5. The zero-order valence-electron chi connectivity index (χ0n) is 10.4. The minimum atomic E-state index is -4.43. The predicted octanol–water partition coefficient (Wildman–Crippen LogP) is 2.93. The van der Waals surface area contributed by atoms with Crippen molar-refractivity contribution in [3.63, 3.8) is 0 Å². The fraction of sp³-hybridized carbons (Fsp3) is 0.583. The Morgan fingerprint density at radius 2 is 2.16 bits per heavy atom. The van der Waals surface area contributed by atoms with Gasteiger partial charge in [0.1, 0.15) is 5.82 Å². The van der Waals surface area contributed by atoms with Crippen LogP contribution in [0.2, 0.25) is 5.02 Å². The summed E-state index contributed by atoms with van der Waals surface area (Å²) in [6, 6.07) is 0.975. The molecular formula is C12H15ClF3N3. The lowest BCUT2D eigenvalue weighted by atomic mass is 10.1. The van der Waals surface area contributed by atoms with E-state index >= 15 is 0 Å². The largest absolute Gasteiger partial charge is 0.417 e. The van der Waals surface area contributed by atoms with Gasteiger partial charge in [-0.05, 0) is 24.8 Å². The van der Waals surface area contributed by atoms with Crippen molar-refractivity contribution in [2.45, 2.75) is 25.1 Å². The first kappa shape index (κ1) is 14.4. The van der Waals surface area contributed by atoms with Crippen molar-refractivity contribution in [1.29, 1.82) is 0 Å². The number of alkyl halides is 3. The number of anilines is 1. The Morgan fingerprint density at radius 1 is 1.53 bits per heavy atom. The number of nitrogens with zero attached hydrogens (tertiary/aromatic N) is 2. The molecule has 1 fully saturated rings. The van der Waals surface area contributed by atoms with Crippen LogP contribution < -0.4 is 10.6 Å². The monoisotopic (exact) mass is 293 g/mol. The molecule has 0 aliphatic heterocycles. The van der Waals surface area contributed by atoms with Crippen LogP contribution in [-0.4, -0.2) is 24.6 Å². The van der Waals surface area contributed by atoms with Gasteiger partial charge in [0.25, 0.3) is 0 Å². The molecule has 0 radical (unpaired) electrons. The normalized spacial score (nSPS) is 17.4. The number of pyridine rings is 1. The number of likely N-dealkylation sites (N-methyl/N-ethyl adjacent to an activating group) is 1. The van der Waals surface area contributed by atoms with E-state index in [-0.39, 0.29) is 11.1 Å². The minimum absolute atomic E-state index is 0.00331. The molecule has 3 nitrogen and oxygen atoms in total. The van der Waals surface area contributed by atoms with Gasteiger partial charge in [-0.25, -0.2) is 4.98 Å². The van der Waals surface area contributed by atoms with Gasteiger partial charge in [-0.1, -0.05) is 11.6 Å². The molecule has 1 atom stereocenters. The number of aromatic nitrogens is 1. The maximum atomic E-state index is 12.5. The fourth-order valence-electron chi connectivity index (χ4n) is 2.15. The van der Waals surface area contributed by atoms with Gasteiger partial charge in [-0.15, -0.1) is 0 Å². The van der Waals surface area contributed by atoms with Gasteiger partial charge in [0, 0.05) is 25.8 Å². The number of halogens is 4.